The number of hydrogen-bond donors (Lipinski definition) is 1. The Morgan fingerprint density at radius 2 is 2.00 bits per heavy atom. The maximum Gasteiger partial charge on any atom is 0.240 e. The van der Waals surface area contributed by atoms with E-state index in [0.29, 0.717) is 0 Å². The lowest BCUT2D eigenvalue weighted by atomic mass is 10.0. The Morgan fingerprint density at radius 1 is 1.41 bits per heavy atom. The number of nitrogens with two attached hydrogens (primary N) is 1. The minimum absolute atomic E-state index is 0.158. The van der Waals surface area contributed by atoms with Crippen LogP contribution in [0.1, 0.15) is 19.4 Å². The molecule has 1 aliphatic rings. The molecule has 17 heavy (non-hydrogen) atoms. The number of benzene rings is 1. The van der Waals surface area contributed by atoms with Crippen LogP contribution >= 0.6 is 0 Å². The first kappa shape index (κ1) is 13.0. The highest BCUT2D eigenvalue weighted by Gasteiger charge is 2.20. The van der Waals surface area contributed by atoms with Gasteiger partial charge in [0, 0.05) is 5.56 Å². The molecule has 0 aromatic heterocycles. The van der Waals surface area contributed by atoms with E-state index in [2.05, 4.69) is 44.4 Å². The van der Waals surface area contributed by atoms with Crippen LogP contribution in [0.25, 0.3) is 6.08 Å². The van der Waals surface area contributed by atoms with Crippen LogP contribution in [0.5, 0.6) is 5.75 Å². The van der Waals surface area contributed by atoms with Crippen molar-refractivity contribution in [2.45, 2.75) is 19.4 Å². The maximum atomic E-state index is 9.47. The molecule has 3 heteroatoms. The fourth-order valence-electron chi connectivity index (χ4n) is 1.32. The van der Waals surface area contributed by atoms with Crippen molar-refractivity contribution in [3.05, 3.63) is 48.6 Å². The number of rotatable bonds is 1. The van der Waals surface area contributed by atoms with Gasteiger partial charge in [-0.05, 0) is 32.1 Å². The first-order valence-corrected chi connectivity index (χ1v) is 5.34. The summed E-state index contributed by atoms with van der Waals surface area (Å²) in [5, 5.41) is 0. The molecule has 0 saturated heterocycles. The van der Waals surface area contributed by atoms with Gasteiger partial charge in [-0.1, -0.05) is 30.9 Å². The average molecular weight is 231 g/mol. The fraction of sp³-hybridized carbons (Fsp3) is 0.214. The van der Waals surface area contributed by atoms with E-state index in [4.69, 9.17) is 4.74 Å². The second-order valence-electron chi connectivity index (χ2n) is 4.18. The molecular weight excluding hydrogens is 214 g/mol. The number of primary amides is 1. The van der Waals surface area contributed by atoms with Crippen LogP contribution in [0.3, 0.4) is 0 Å². The molecule has 0 spiro atoms. The second kappa shape index (κ2) is 5.34. The van der Waals surface area contributed by atoms with E-state index >= 15 is 0 Å². The van der Waals surface area contributed by atoms with E-state index in [-0.39, 0.29) is 5.60 Å². The Balaban J connectivity index is 0.000000249. The summed E-state index contributed by atoms with van der Waals surface area (Å²) in [7, 11) is 0. The van der Waals surface area contributed by atoms with Crippen LogP contribution in [-0.4, -0.2) is 11.5 Å². The van der Waals surface area contributed by atoms with Crippen molar-refractivity contribution in [2.24, 2.45) is 5.73 Å². The maximum absolute atomic E-state index is 9.47. The van der Waals surface area contributed by atoms with Crippen LogP contribution in [0, 0.1) is 0 Å². The number of hydrogen-bond acceptors (Lipinski definition) is 2. The number of amides is 1. The summed E-state index contributed by atoms with van der Waals surface area (Å²) in [5.74, 6) is 0.495. The van der Waals surface area contributed by atoms with Gasteiger partial charge in [-0.25, -0.2) is 0 Å². The largest absolute Gasteiger partial charge is 0.483 e. The van der Waals surface area contributed by atoms with E-state index in [1.807, 2.05) is 18.2 Å². The number of carbonyl (C=O) groups is 1. The van der Waals surface area contributed by atoms with E-state index in [1.165, 1.54) is 0 Å². The third-order valence-corrected chi connectivity index (χ3v) is 2.16. The van der Waals surface area contributed by atoms with E-state index in [9.17, 15) is 4.79 Å². The first-order valence-electron chi connectivity index (χ1n) is 5.34. The number of para-hydroxylation sites is 1. The van der Waals surface area contributed by atoms with Gasteiger partial charge in [0.1, 0.15) is 11.4 Å². The molecule has 0 saturated carbocycles. The van der Waals surface area contributed by atoms with Crippen LogP contribution in [0.2, 0.25) is 0 Å². The lowest BCUT2D eigenvalue weighted by Crippen LogP contribution is -2.27. The smallest absolute Gasteiger partial charge is 0.240 e. The van der Waals surface area contributed by atoms with Gasteiger partial charge in [0.25, 0.3) is 0 Å². The molecule has 1 aromatic carbocycles. The molecule has 2 N–H and O–H groups in total. The molecule has 0 bridgehead atoms. The average Bonchev–Trinajstić information content (AvgIpc) is 2.28. The molecule has 1 aliphatic heterocycles. The summed E-state index contributed by atoms with van der Waals surface area (Å²) >= 11 is 0. The first-order chi connectivity index (χ1) is 7.94. The SMILES string of the molecule is C=CC(N)=O.CC1(C)C=Cc2ccccc2O1. The third-order valence-electron chi connectivity index (χ3n) is 2.16. The Hall–Kier alpha value is -2.03. The number of fused-ring (bicyclic) bond motifs is 1. The van der Waals surface area contributed by atoms with Crippen molar-refractivity contribution >= 4 is 12.0 Å². The summed E-state index contributed by atoms with van der Waals surface area (Å²) in [5.41, 5.74) is 5.54. The molecule has 0 unspecified atom stereocenters. The summed E-state index contributed by atoms with van der Waals surface area (Å²) in [6.45, 7) is 7.20. The van der Waals surface area contributed by atoms with E-state index in [1.54, 1.807) is 0 Å². The summed E-state index contributed by atoms with van der Waals surface area (Å²) < 4.78 is 5.73. The normalized spacial score (nSPS) is 14.7. The Kier molecular flexibility index (Phi) is 4.10. The van der Waals surface area contributed by atoms with E-state index < -0.39 is 5.91 Å². The predicted octanol–water partition coefficient (Wildman–Crippen LogP) is 2.53. The van der Waals surface area contributed by atoms with Crippen molar-refractivity contribution in [2.75, 3.05) is 0 Å². The molecule has 0 fully saturated rings. The molecule has 0 aliphatic carbocycles. The van der Waals surface area contributed by atoms with Gasteiger partial charge in [0.15, 0.2) is 0 Å². The van der Waals surface area contributed by atoms with Gasteiger partial charge in [0.05, 0.1) is 0 Å². The van der Waals surface area contributed by atoms with Gasteiger partial charge >= 0.3 is 0 Å². The second-order valence-corrected chi connectivity index (χ2v) is 4.18. The van der Waals surface area contributed by atoms with Gasteiger partial charge in [-0.15, -0.1) is 0 Å². The summed E-state index contributed by atoms with van der Waals surface area (Å²) in [4.78, 5) is 9.47. The molecule has 90 valence electrons. The monoisotopic (exact) mass is 231 g/mol. The lowest BCUT2D eigenvalue weighted by Gasteiger charge is -2.27. The summed E-state index contributed by atoms with van der Waals surface area (Å²) in [6.07, 6.45) is 5.24. The van der Waals surface area contributed by atoms with Crippen LogP contribution in [0.4, 0.5) is 0 Å². The highest BCUT2D eigenvalue weighted by atomic mass is 16.5. The van der Waals surface area contributed by atoms with Gasteiger partial charge in [-0.3, -0.25) is 4.79 Å². The molecule has 0 atom stereocenters. The lowest BCUT2D eigenvalue weighted by molar-refractivity contribution is -0.113. The topological polar surface area (TPSA) is 52.3 Å². The Bertz CT molecular complexity index is 447. The van der Waals surface area contributed by atoms with Crippen molar-refractivity contribution in [1.82, 2.24) is 0 Å². The zero-order valence-electron chi connectivity index (χ0n) is 10.1. The highest BCUT2D eigenvalue weighted by molar-refractivity contribution is 5.84. The minimum atomic E-state index is -0.481. The Morgan fingerprint density at radius 3 is 2.59 bits per heavy atom. The fourth-order valence-corrected chi connectivity index (χ4v) is 1.32. The predicted molar refractivity (Wildman–Crippen MR) is 69.6 cm³/mol. The van der Waals surface area contributed by atoms with Crippen molar-refractivity contribution < 1.29 is 9.53 Å². The van der Waals surface area contributed by atoms with Crippen LogP contribution < -0.4 is 10.5 Å². The molecule has 2 rings (SSSR count). The molecule has 0 radical (unpaired) electrons. The standard InChI is InChI=1S/C11H12O.C3H5NO/c1-11(2)8-7-9-5-3-4-6-10(9)12-11;1-2-3(4)5/h3-8H,1-2H3;2H,1H2,(H2,4,5). The number of carbonyl (C=O) groups excluding carboxylic acids is 1. The molecule has 1 aromatic rings. The molecule has 1 amide bonds. The van der Waals surface area contributed by atoms with Crippen molar-refractivity contribution in [1.29, 1.82) is 0 Å². The quantitative estimate of drug-likeness (QED) is 0.755. The van der Waals surface area contributed by atoms with Crippen LogP contribution in [-0.2, 0) is 4.79 Å². The third kappa shape index (κ3) is 4.15. The van der Waals surface area contributed by atoms with Crippen molar-refractivity contribution in [3.63, 3.8) is 0 Å². The van der Waals surface area contributed by atoms with Gasteiger partial charge in [-0.2, -0.15) is 0 Å². The molecule has 1 heterocycles. The van der Waals surface area contributed by atoms with Crippen LogP contribution in [0.15, 0.2) is 43.0 Å². The Labute approximate surface area is 102 Å². The molecule has 3 nitrogen and oxygen atoms in total. The molecular formula is C14H17NO2. The zero-order valence-corrected chi connectivity index (χ0v) is 10.1. The highest BCUT2D eigenvalue weighted by Crippen LogP contribution is 2.29. The van der Waals surface area contributed by atoms with Gasteiger partial charge in [0.2, 0.25) is 5.91 Å². The van der Waals surface area contributed by atoms with Crippen molar-refractivity contribution in [3.8, 4) is 5.75 Å². The summed E-state index contributed by atoms with van der Waals surface area (Å²) in [6, 6.07) is 8.07. The van der Waals surface area contributed by atoms with Gasteiger partial charge < -0.3 is 10.5 Å². The minimum Gasteiger partial charge on any atom is -0.483 e. The number of ether oxygens (including phenoxy) is 1. The van der Waals surface area contributed by atoms with E-state index in [0.717, 1.165) is 17.4 Å². The zero-order chi connectivity index (χ0) is 12.9.